The number of benzene rings is 1. The van der Waals surface area contributed by atoms with Gasteiger partial charge in [0.2, 0.25) is 5.91 Å². The minimum Gasteiger partial charge on any atom is -0.481 e. The van der Waals surface area contributed by atoms with Crippen LogP contribution in [0.4, 0.5) is 5.69 Å². The highest BCUT2D eigenvalue weighted by Gasteiger charge is 2.07. The summed E-state index contributed by atoms with van der Waals surface area (Å²) in [6.45, 7) is 4.52. The van der Waals surface area contributed by atoms with Crippen molar-refractivity contribution < 1.29 is 14.7 Å². The van der Waals surface area contributed by atoms with Crippen LogP contribution >= 0.6 is 23.5 Å². The molecule has 4 nitrogen and oxygen atoms in total. The van der Waals surface area contributed by atoms with Gasteiger partial charge in [0.15, 0.2) is 0 Å². The summed E-state index contributed by atoms with van der Waals surface area (Å²) in [6.07, 6.45) is 12.2. The smallest absolute Gasteiger partial charge is 0.303 e. The van der Waals surface area contributed by atoms with Crippen molar-refractivity contribution in [3.05, 3.63) is 24.3 Å². The first-order valence-electron chi connectivity index (χ1n) is 11.8. The lowest BCUT2D eigenvalue weighted by Crippen LogP contribution is -2.11. The number of carbonyl (C=O) groups excluding carboxylic acids is 1. The molecule has 1 aromatic carbocycles. The van der Waals surface area contributed by atoms with Gasteiger partial charge in [-0.25, -0.2) is 0 Å². The normalized spacial score (nSPS) is 11.1. The van der Waals surface area contributed by atoms with E-state index >= 15 is 0 Å². The number of carboxylic acid groups (broad SMARTS) is 1. The number of carbonyl (C=O) groups is 2. The van der Waals surface area contributed by atoms with E-state index in [0.717, 1.165) is 40.8 Å². The van der Waals surface area contributed by atoms with Crippen molar-refractivity contribution in [1.29, 1.82) is 0 Å². The average Bonchev–Trinajstić information content (AvgIpc) is 2.72. The Labute approximate surface area is 197 Å². The van der Waals surface area contributed by atoms with Gasteiger partial charge in [0.1, 0.15) is 0 Å². The van der Waals surface area contributed by atoms with Crippen LogP contribution in [-0.4, -0.2) is 33.7 Å². The van der Waals surface area contributed by atoms with Crippen LogP contribution in [0.5, 0.6) is 0 Å². The molecule has 0 fully saturated rings. The Morgan fingerprint density at radius 1 is 0.839 bits per heavy atom. The van der Waals surface area contributed by atoms with E-state index in [9.17, 15) is 9.59 Å². The zero-order valence-corrected chi connectivity index (χ0v) is 21.0. The number of anilines is 1. The molecule has 6 heteroatoms. The van der Waals surface area contributed by atoms with Crippen LogP contribution in [-0.2, 0) is 9.59 Å². The molecule has 0 saturated carbocycles. The Bertz CT molecular complexity index is 623. The Morgan fingerprint density at radius 3 is 2.10 bits per heavy atom. The molecule has 0 saturated heterocycles. The van der Waals surface area contributed by atoms with E-state index in [1.165, 1.54) is 44.3 Å². The molecule has 0 aliphatic rings. The lowest BCUT2D eigenvalue weighted by molar-refractivity contribution is -0.137. The zero-order chi connectivity index (χ0) is 22.7. The van der Waals surface area contributed by atoms with E-state index in [1.54, 1.807) is 11.8 Å². The van der Waals surface area contributed by atoms with Gasteiger partial charge in [-0.15, -0.1) is 11.8 Å². The van der Waals surface area contributed by atoms with Crippen LogP contribution in [0.25, 0.3) is 0 Å². The van der Waals surface area contributed by atoms with E-state index in [0.29, 0.717) is 12.8 Å². The number of carboxylic acids is 1. The third-order valence-electron chi connectivity index (χ3n) is 4.95. The molecule has 1 amide bonds. The SMILES string of the molecule is CC(C)SCCCCCCCCCCC(=O)Nc1ccccc1SCCCCC(=O)O. The minimum atomic E-state index is -0.742. The first-order valence-corrected chi connectivity index (χ1v) is 13.9. The molecule has 0 atom stereocenters. The second kappa shape index (κ2) is 18.4. The maximum Gasteiger partial charge on any atom is 0.303 e. The second-order valence-corrected chi connectivity index (χ2v) is 11.1. The molecule has 0 aliphatic heterocycles. The summed E-state index contributed by atoms with van der Waals surface area (Å²) in [6, 6.07) is 7.86. The Hall–Kier alpha value is -1.14. The predicted octanol–water partition coefficient (Wildman–Crippen LogP) is 7.62. The van der Waals surface area contributed by atoms with Crippen molar-refractivity contribution in [1.82, 2.24) is 0 Å². The predicted molar refractivity (Wildman–Crippen MR) is 136 cm³/mol. The minimum absolute atomic E-state index is 0.0848. The quantitative estimate of drug-likeness (QED) is 0.162. The van der Waals surface area contributed by atoms with Gasteiger partial charge in [-0.1, -0.05) is 64.5 Å². The fourth-order valence-corrected chi connectivity index (χ4v) is 5.10. The summed E-state index contributed by atoms with van der Waals surface area (Å²) in [5.74, 6) is 1.49. The van der Waals surface area contributed by atoms with E-state index < -0.39 is 5.97 Å². The van der Waals surface area contributed by atoms with Crippen molar-refractivity contribution in [3.8, 4) is 0 Å². The number of thioether (sulfide) groups is 2. The molecular weight excluding hydrogens is 426 g/mol. The number of aliphatic carboxylic acids is 1. The third-order valence-corrected chi connectivity index (χ3v) is 7.30. The number of hydrogen-bond acceptors (Lipinski definition) is 4. The molecule has 0 unspecified atom stereocenters. The highest BCUT2D eigenvalue weighted by Crippen LogP contribution is 2.28. The number of unbranched alkanes of at least 4 members (excludes halogenated alkanes) is 8. The topological polar surface area (TPSA) is 66.4 Å². The molecule has 2 N–H and O–H groups in total. The Kier molecular flexibility index (Phi) is 16.6. The summed E-state index contributed by atoms with van der Waals surface area (Å²) in [5.41, 5.74) is 0.867. The van der Waals surface area contributed by atoms with Crippen molar-refractivity contribution in [2.24, 2.45) is 0 Å². The van der Waals surface area contributed by atoms with Crippen LogP contribution in [0, 0.1) is 0 Å². The van der Waals surface area contributed by atoms with Crippen molar-refractivity contribution >= 4 is 41.1 Å². The molecule has 0 aromatic heterocycles. The molecule has 0 bridgehead atoms. The largest absolute Gasteiger partial charge is 0.481 e. The molecule has 31 heavy (non-hydrogen) atoms. The van der Waals surface area contributed by atoms with Gasteiger partial charge in [0, 0.05) is 17.7 Å². The van der Waals surface area contributed by atoms with Gasteiger partial charge >= 0.3 is 5.97 Å². The van der Waals surface area contributed by atoms with Gasteiger partial charge in [0.25, 0.3) is 0 Å². The third kappa shape index (κ3) is 16.2. The van der Waals surface area contributed by atoms with Gasteiger partial charge in [-0.2, -0.15) is 11.8 Å². The van der Waals surface area contributed by atoms with Gasteiger partial charge < -0.3 is 10.4 Å². The zero-order valence-electron chi connectivity index (χ0n) is 19.4. The maximum absolute atomic E-state index is 12.3. The number of para-hydroxylation sites is 1. The van der Waals surface area contributed by atoms with Crippen LogP contribution in [0.1, 0.15) is 90.9 Å². The monoisotopic (exact) mass is 467 g/mol. The lowest BCUT2D eigenvalue weighted by Gasteiger charge is -2.11. The van der Waals surface area contributed by atoms with E-state index in [4.69, 9.17) is 5.11 Å². The number of rotatable bonds is 19. The number of amides is 1. The number of hydrogen-bond donors (Lipinski definition) is 2. The molecule has 0 radical (unpaired) electrons. The summed E-state index contributed by atoms with van der Waals surface area (Å²) in [7, 11) is 0. The fraction of sp³-hybridized carbons (Fsp3) is 0.680. The molecule has 1 aromatic rings. The molecule has 0 spiro atoms. The maximum atomic E-state index is 12.3. The first kappa shape index (κ1) is 27.9. The first-order chi connectivity index (χ1) is 15.0. The highest BCUT2D eigenvalue weighted by molar-refractivity contribution is 7.99. The second-order valence-electron chi connectivity index (χ2n) is 8.24. The van der Waals surface area contributed by atoms with E-state index in [2.05, 4.69) is 30.9 Å². The van der Waals surface area contributed by atoms with Gasteiger partial charge in [0.05, 0.1) is 5.69 Å². The van der Waals surface area contributed by atoms with Crippen LogP contribution < -0.4 is 5.32 Å². The number of nitrogens with one attached hydrogen (secondary N) is 1. The van der Waals surface area contributed by atoms with E-state index in [1.807, 2.05) is 24.3 Å². The molecule has 1 rings (SSSR count). The molecule has 0 aliphatic carbocycles. The summed E-state index contributed by atoms with van der Waals surface area (Å²) < 4.78 is 0. The van der Waals surface area contributed by atoms with Crippen LogP contribution in [0.2, 0.25) is 0 Å². The molecular formula is C25H41NO3S2. The summed E-state index contributed by atoms with van der Waals surface area (Å²) in [5, 5.41) is 12.5. The van der Waals surface area contributed by atoms with Crippen molar-refractivity contribution in [2.45, 2.75) is 101 Å². The molecule has 176 valence electrons. The van der Waals surface area contributed by atoms with Gasteiger partial charge in [-0.3, -0.25) is 9.59 Å². The fourth-order valence-electron chi connectivity index (χ4n) is 3.24. The lowest BCUT2D eigenvalue weighted by atomic mass is 10.1. The van der Waals surface area contributed by atoms with Crippen molar-refractivity contribution in [2.75, 3.05) is 16.8 Å². The van der Waals surface area contributed by atoms with Gasteiger partial charge in [-0.05, 0) is 54.6 Å². The van der Waals surface area contributed by atoms with E-state index in [-0.39, 0.29) is 12.3 Å². The Balaban J connectivity index is 2.10. The highest BCUT2D eigenvalue weighted by atomic mass is 32.2. The Morgan fingerprint density at radius 2 is 1.42 bits per heavy atom. The summed E-state index contributed by atoms with van der Waals surface area (Å²) in [4.78, 5) is 23.9. The van der Waals surface area contributed by atoms with Crippen LogP contribution in [0.3, 0.4) is 0 Å². The average molecular weight is 468 g/mol. The van der Waals surface area contributed by atoms with Crippen molar-refractivity contribution in [3.63, 3.8) is 0 Å². The summed E-state index contributed by atoms with van der Waals surface area (Å²) >= 11 is 3.74. The molecule has 0 heterocycles. The van der Waals surface area contributed by atoms with Crippen LogP contribution in [0.15, 0.2) is 29.2 Å². The standard InChI is InChI=1S/C25H41NO3S2/c1-21(2)30-19-13-8-6-4-3-5-7-9-17-24(27)26-22-15-10-11-16-23(22)31-20-14-12-18-25(28)29/h10-11,15-16,21H,3-9,12-14,17-20H2,1-2H3,(H,26,27)(H,28,29).